The monoisotopic (exact) mass is 389 g/mol. The van der Waals surface area contributed by atoms with Crippen LogP contribution in [0.2, 0.25) is 0 Å². The summed E-state index contributed by atoms with van der Waals surface area (Å²) in [6.45, 7) is 2.32. The lowest BCUT2D eigenvalue weighted by atomic mass is 9.71. The molecule has 2 heterocycles. The number of aliphatic hydroxyl groups is 1. The van der Waals surface area contributed by atoms with E-state index < -0.39 is 17.3 Å². The van der Waals surface area contributed by atoms with Crippen molar-refractivity contribution in [3.05, 3.63) is 70.8 Å². The maximum Gasteiger partial charge on any atom is 0.416 e. The third-order valence-electron chi connectivity index (χ3n) is 6.51. The molecule has 2 fully saturated rings. The lowest BCUT2D eigenvalue weighted by molar-refractivity contribution is -0.138. The molecule has 0 spiro atoms. The highest BCUT2D eigenvalue weighted by atomic mass is 19.4. The van der Waals surface area contributed by atoms with Crippen molar-refractivity contribution in [1.82, 2.24) is 4.90 Å². The van der Waals surface area contributed by atoms with Crippen LogP contribution >= 0.6 is 0 Å². The third-order valence-corrected chi connectivity index (χ3v) is 6.51. The number of alkyl halides is 3. The SMILES string of the molecule is Cc1c(C(F)(F)F)cccc1C1(O)CC2CCCC(C1)N2Cc1ccccc1. The summed E-state index contributed by atoms with van der Waals surface area (Å²) < 4.78 is 40.1. The molecule has 1 N–H and O–H groups in total. The molecule has 2 aromatic rings. The molecular weight excluding hydrogens is 363 g/mol. The van der Waals surface area contributed by atoms with Gasteiger partial charge in [0.1, 0.15) is 0 Å². The van der Waals surface area contributed by atoms with E-state index >= 15 is 0 Å². The van der Waals surface area contributed by atoms with Gasteiger partial charge in [0.05, 0.1) is 11.2 Å². The van der Waals surface area contributed by atoms with E-state index in [1.165, 1.54) is 18.6 Å². The minimum Gasteiger partial charge on any atom is -0.385 e. The van der Waals surface area contributed by atoms with Gasteiger partial charge in [-0.15, -0.1) is 0 Å². The van der Waals surface area contributed by atoms with Crippen LogP contribution in [-0.4, -0.2) is 22.1 Å². The third kappa shape index (κ3) is 3.58. The van der Waals surface area contributed by atoms with E-state index in [2.05, 4.69) is 17.0 Å². The number of fused-ring (bicyclic) bond motifs is 2. The van der Waals surface area contributed by atoms with Crippen molar-refractivity contribution >= 4 is 0 Å². The lowest BCUT2D eigenvalue weighted by Gasteiger charge is -2.52. The summed E-state index contributed by atoms with van der Waals surface area (Å²) in [7, 11) is 0. The first-order valence-corrected chi connectivity index (χ1v) is 9.97. The molecule has 4 rings (SSSR count). The van der Waals surface area contributed by atoms with Gasteiger partial charge in [-0.25, -0.2) is 0 Å². The Morgan fingerprint density at radius 1 is 1.00 bits per heavy atom. The van der Waals surface area contributed by atoms with Crippen LogP contribution in [0.15, 0.2) is 48.5 Å². The summed E-state index contributed by atoms with van der Waals surface area (Å²) >= 11 is 0. The standard InChI is InChI=1S/C23H26F3NO/c1-16-20(11-6-12-21(16)23(24,25)26)22(28)13-18-9-5-10-19(14-22)27(18)15-17-7-3-2-4-8-17/h2-4,6-8,11-12,18-19,28H,5,9-10,13-15H2,1H3. The Hall–Kier alpha value is -1.85. The summed E-state index contributed by atoms with van der Waals surface area (Å²) in [4.78, 5) is 2.45. The van der Waals surface area contributed by atoms with Crippen molar-refractivity contribution in [3.63, 3.8) is 0 Å². The van der Waals surface area contributed by atoms with E-state index in [1.807, 2.05) is 18.2 Å². The Labute approximate surface area is 164 Å². The van der Waals surface area contributed by atoms with Crippen molar-refractivity contribution in [2.24, 2.45) is 0 Å². The van der Waals surface area contributed by atoms with Crippen LogP contribution in [0.25, 0.3) is 0 Å². The van der Waals surface area contributed by atoms with E-state index in [0.717, 1.165) is 31.9 Å². The maximum absolute atomic E-state index is 13.4. The fraction of sp³-hybridized carbons (Fsp3) is 0.478. The average Bonchev–Trinajstić information content (AvgIpc) is 2.63. The molecule has 0 saturated carbocycles. The Balaban J connectivity index is 1.63. The second-order valence-corrected chi connectivity index (χ2v) is 8.31. The first-order valence-electron chi connectivity index (χ1n) is 9.97. The molecule has 2 aliphatic heterocycles. The first-order chi connectivity index (χ1) is 13.3. The zero-order chi connectivity index (χ0) is 19.9. The lowest BCUT2D eigenvalue weighted by Crippen LogP contribution is -2.56. The Kier molecular flexibility index (Phi) is 5.00. The molecule has 0 aromatic heterocycles. The van der Waals surface area contributed by atoms with E-state index in [-0.39, 0.29) is 17.6 Å². The van der Waals surface area contributed by atoms with E-state index in [0.29, 0.717) is 18.4 Å². The molecule has 150 valence electrons. The minimum atomic E-state index is -4.40. The molecule has 2 atom stereocenters. The summed E-state index contributed by atoms with van der Waals surface area (Å²) in [6, 6.07) is 14.8. The number of piperidine rings is 2. The number of benzene rings is 2. The molecule has 0 radical (unpaired) electrons. The smallest absolute Gasteiger partial charge is 0.385 e. The Morgan fingerprint density at radius 2 is 1.64 bits per heavy atom. The molecule has 2 unspecified atom stereocenters. The van der Waals surface area contributed by atoms with Gasteiger partial charge in [0.25, 0.3) is 0 Å². The van der Waals surface area contributed by atoms with Crippen LogP contribution < -0.4 is 0 Å². The predicted octanol–water partition coefficient (Wildman–Crippen LogP) is 5.42. The van der Waals surface area contributed by atoms with Gasteiger partial charge in [0, 0.05) is 18.6 Å². The zero-order valence-corrected chi connectivity index (χ0v) is 16.0. The largest absolute Gasteiger partial charge is 0.416 e. The number of hydrogen-bond donors (Lipinski definition) is 1. The highest BCUT2D eigenvalue weighted by molar-refractivity contribution is 5.40. The number of nitrogens with zero attached hydrogens (tertiary/aromatic N) is 1. The molecule has 0 aliphatic carbocycles. The summed E-state index contributed by atoms with van der Waals surface area (Å²) in [6.07, 6.45) is -0.372. The molecule has 0 amide bonds. The van der Waals surface area contributed by atoms with Crippen LogP contribution in [0.1, 0.15) is 54.4 Å². The van der Waals surface area contributed by atoms with Gasteiger partial charge in [0.2, 0.25) is 0 Å². The summed E-state index contributed by atoms with van der Waals surface area (Å²) in [5.41, 5.74) is -0.00469. The number of rotatable bonds is 3. The second-order valence-electron chi connectivity index (χ2n) is 8.31. The van der Waals surface area contributed by atoms with Gasteiger partial charge in [-0.05, 0) is 55.4 Å². The maximum atomic E-state index is 13.4. The minimum absolute atomic E-state index is 0.159. The van der Waals surface area contributed by atoms with E-state index in [4.69, 9.17) is 0 Å². The summed E-state index contributed by atoms with van der Waals surface area (Å²) in [5.74, 6) is 0. The topological polar surface area (TPSA) is 23.5 Å². The number of hydrogen-bond acceptors (Lipinski definition) is 2. The zero-order valence-electron chi connectivity index (χ0n) is 16.0. The molecule has 2 aromatic carbocycles. The molecule has 5 heteroatoms. The quantitative estimate of drug-likeness (QED) is 0.758. The number of halogens is 3. The van der Waals surface area contributed by atoms with Crippen molar-refractivity contribution in [2.75, 3.05) is 0 Å². The van der Waals surface area contributed by atoms with Crippen molar-refractivity contribution < 1.29 is 18.3 Å². The highest BCUT2D eigenvalue weighted by Gasteiger charge is 2.47. The molecule has 2 saturated heterocycles. The van der Waals surface area contributed by atoms with Gasteiger partial charge in [-0.3, -0.25) is 4.90 Å². The second kappa shape index (κ2) is 7.20. The summed E-state index contributed by atoms with van der Waals surface area (Å²) in [5, 5.41) is 11.5. The molecule has 2 aliphatic rings. The van der Waals surface area contributed by atoms with Crippen molar-refractivity contribution in [3.8, 4) is 0 Å². The molecular formula is C23H26F3NO. The Bertz CT molecular complexity index is 819. The van der Waals surface area contributed by atoms with Crippen molar-refractivity contribution in [1.29, 1.82) is 0 Å². The van der Waals surface area contributed by atoms with E-state index in [1.54, 1.807) is 6.07 Å². The molecule has 2 bridgehead atoms. The predicted molar refractivity (Wildman–Crippen MR) is 103 cm³/mol. The van der Waals surface area contributed by atoms with Gasteiger partial charge in [0.15, 0.2) is 0 Å². The first kappa shape index (κ1) is 19.5. The molecule has 28 heavy (non-hydrogen) atoms. The van der Waals surface area contributed by atoms with Crippen LogP contribution in [0.5, 0.6) is 0 Å². The van der Waals surface area contributed by atoms with Gasteiger partial charge in [-0.1, -0.05) is 48.9 Å². The van der Waals surface area contributed by atoms with Crippen LogP contribution in [0.4, 0.5) is 13.2 Å². The Morgan fingerprint density at radius 3 is 2.25 bits per heavy atom. The highest BCUT2D eigenvalue weighted by Crippen LogP contribution is 2.47. The fourth-order valence-electron chi connectivity index (χ4n) is 5.24. The van der Waals surface area contributed by atoms with E-state index in [9.17, 15) is 18.3 Å². The van der Waals surface area contributed by atoms with Crippen LogP contribution in [-0.2, 0) is 18.3 Å². The average molecular weight is 389 g/mol. The molecule has 2 nitrogen and oxygen atoms in total. The van der Waals surface area contributed by atoms with Gasteiger partial charge < -0.3 is 5.11 Å². The van der Waals surface area contributed by atoms with Crippen molar-refractivity contribution in [2.45, 2.75) is 69.4 Å². The fourth-order valence-corrected chi connectivity index (χ4v) is 5.24. The van der Waals surface area contributed by atoms with Gasteiger partial charge >= 0.3 is 6.18 Å². The van der Waals surface area contributed by atoms with Crippen LogP contribution in [0.3, 0.4) is 0 Å². The normalized spacial score (nSPS) is 28.3. The van der Waals surface area contributed by atoms with Gasteiger partial charge in [-0.2, -0.15) is 13.2 Å². The van der Waals surface area contributed by atoms with Crippen LogP contribution in [0, 0.1) is 6.92 Å².